The van der Waals surface area contributed by atoms with E-state index in [0.29, 0.717) is 24.7 Å². The SMILES string of the molecule is CC(C)C1CC(C(=O)O)(N(C(=O)OCc2ccccc2)C(C)C)C1. The summed E-state index contributed by atoms with van der Waals surface area (Å²) in [4.78, 5) is 26.0. The maximum atomic E-state index is 12.6. The van der Waals surface area contributed by atoms with Crippen molar-refractivity contribution < 1.29 is 19.4 Å². The van der Waals surface area contributed by atoms with Crippen molar-refractivity contribution in [2.75, 3.05) is 0 Å². The fourth-order valence-electron chi connectivity index (χ4n) is 3.42. The zero-order valence-corrected chi connectivity index (χ0v) is 14.9. The molecule has 1 aromatic carbocycles. The fraction of sp³-hybridized carbons (Fsp3) is 0.579. The van der Waals surface area contributed by atoms with Crippen LogP contribution >= 0.6 is 0 Å². The summed E-state index contributed by atoms with van der Waals surface area (Å²) >= 11 is 0. The third-order valence-electron chi connectivity index (χ3n) is 4.92. The number of hydrogen-bond acceptors (Lipinski definition) is 3. The molecule has 1 aliphatic rings. The number of ether oxygens (including phenoxy) is 1. The van der Waals surface area contributed by atoms with Gasteiger partial charge in [0.05, 0.1) is 0 Å². The zero-order valence-electron chi connectivity index (χ0n) is 14.9. The van der Waals surface area contributed by atoms with Crippen LogP contribution in [0, 0.1) is 11.8 Å². The van der Waals surface area contributed by atoms with Gasteiger partial charge in [-0.15, -0.1) is 0 Å². The number of hydrogen-bond donors (Lipinski definition) is 1. The lowest BCUT2D eigenvalue weighted by Crippen LogP contribution is -2.66. The average Bonchev–Trinajstić information content (AvgIpc) is 2.47. The lowest BCUT2D eigenvalue weighted by molar-refractivity contribution is -0.164. The first-order valence-electron chi connectivity index (χ1n) is 8.51. The minimum atomic E-state index is -1.14. The molecule has 1 fully saturated rings. The van der Waals surface area contributed by atoms with Crippen LogP contribution in [-0.2, 0) is 16.1 Å². The zero-order chi connectivity index (χ0) is 17.9. The van der Waals surface area contributed by atoms with Crippen LogP contribution in [0.3, 0.4) is 0 Å². The molecule has 0 unspecified atom stereocenters. The molecule has 132 valence electrons. The maximum Gasteiger partial charge on any atom is 0.411 e. The van der Waals surface area contributed by atoms with Gasteiger partial charge in [-0.1, -0.05) is 44.2 Å². The summed E-state index contributed by atoms with van der Waals surface area (Å²) in [5.74, 6) is -0.208. The van der Waals surface area contributed by atoms with Crippen molar-refractivity contribution in [3.8, 4) is 0 Å². The first kappa shape index (κ1) is 18.3. The van der Waals surface area contributed by atoms with Crippen LogP contribution < -0.4 is 0 Å². The highest BCUT2D eigenvalue weighted by Crippen LogP contribution is 2.47. The smallest absolute Gasteiger partial charge is 0.411 e. The van der Waals surface area contributed by atoms with Gasteiger partial charge in [-0.3, -0.25) is 4.90 Å². The minimum absolute atomic E-state index is 0.145. The summed E-state index contributed by atoms with van der Waals surface area (Å²) in [6.45, 7) is 7.98. The van der Waals surface area contributed by atoms with Gasteiger partial charge in [0.25, 0.3) is 0 Å². The van der Waals surface area contributed by atoms with Crippen molar-refractivity contribution in [1.29, 1.82) is 0 Å². The van der Waals surface area contributed by atoms with Crippen molar-refractivity contribution in [1.82, 2.24) is 4.90 Å². The summed E-state index contributed by atoms with van der Waals surface area (Å²) in [5, 5.41) is 9.79. The first-order valence-corrected chi connectivity index (χ1v) is 8.51. The van der Waals surface area contributed by atoms with Crippen molar-refractivity contribution >= 4 is 12.1 Å². The predicted molar refractivity (Wildman–Crippen MR) is 91.5 cm³/mol. The number of carbonyl (C=O) groups is 2. The van der Waals surface area contributed by atoms with Gasteiger partial charge >= 0.3 is 12.1 Å². The van der Waals surface area contributed by atoms with Crippen LogP contribution in [0.25, 0.3) is 0 Å². The summed E-state index contributed by atoms with van der Waals surface area (Å²) in [6, 6.07) is 9.15. The molecule has 0 spiro atoms. The van der Waals surface area contributed by atoms with Gasteiger partial charge in [-0.05, 0) is 44.1 Å². The Bertz CT molecular complexity index is 576. The second kappa shape index (κ2) is 7.24. The maximum absolute atomic E-state index is 12.6. The molecule has 5 heteroatoms. The highest BCUT2D eigenvalue weighted by atomic mass is 16.6. The molecule has 1 N–H and O–H groups in total. The Morgan fingerprint density at radius 3 is 2.25 bits per heavy atom. The Kier molecular flexibility index (Phi) is 5.52. The summed E-state index contributed by atoms with van der Waals surface area (Å²) < 4.78 is 5.40. The third kappa shape index (κ3) is 3.55. The molecular weight excluding hydrogens is 306 g/mol. The molecule has 5 nitrogen and oxygen atoms in total. The normalized spacial score (nSPS) is 23.0. The molecule has 0 bridgehead atoms. The van der Waals surface area contributed by atoms with E-state index in [9.17, 15) is 14.7 Å². The van der Waals surface area contributed by atoms with Crippen molar-refractivity contribution in [2.45, 2.75) is 58.7 Å². The van der Waals surface area contributed by atoms with Crippen LogP contribution in [0.2, 0.25) is 0 Å². The molecule has 0 heterocycles. The number of aliphatic carboxylic acids is 1. The van der Waals surface area contributed by atoms with Crippen LogP contribution in [0.15, 0.2) is 30.3 Å². The predicted octanol–water partition coefficient (Wildman–Crippen LogP) is 3.92. The van der Waals surface area contributed by atoms with Gasteiger partial charge in [0.15, 0.2) is 0 Å². The molecule has 0 saturated heterocycles. The van der Waals surface area contributed by atoms with E-state index in [1.165, 1.54) is 4.90 Å². The van der Waals surface area contributed by atoms with E-state index in [1.54, 1.807) is 0 Å². The minimum Gasteiger partial charge on any atom is -0.479 e. The lowest BCUT2D eigenvalue weighted by Gasteiger charge is -2.53. The van der Waals surface area contributed by atoms with Gasteiger partial charge in [-0.2, -0.15) is 0 Å². The van der Waals surface area contributed by atoms with Crippen molar-refractivity contribution in [2.24, 2.45) is 11.8 Å². The molecule has 1 aromatic rings. The van der Waals surface area contributed by atoms with E-state index >= 15 is 0 Å². The molecule has 0 aliphatic heterocycles. The monoisotopic (exact) mass is 333 g/mol. The van der Waals surface area contributed by atoms with Crippen LogP contribution in [0.1, 0.15) is 46.1 Å². The number of amides is 1. The Hall–Kier alpha value is -2.04. The molecular formula is C19H27NO4. The van der Waals surface area contributed by atoms with Crippen LogP contribution in [0.5, 0.6) is 0 Å². The van der Waals surface area contributed by atoms with Crippen LogP contribution in [-0.4, -0.2) is 33.6 Å². The molecule has 2 rings (SSSR count). The van der Waals surface area contributed by atoms with Gasteiger partial charge in [0.1, 0.15) is 12.1 Å². The van der Waals surface area contributed by atoms with Gasteiger partial charge in [0, 0.05) is 6.04 Å². The second-order valence-electron chi connectivity index (χ2n) is 7.25. The van der Waals surface area contributed by atoms with Gasteiger partial charge < -0.3 is 9.84 Å². The number of carbonyl (C=O) groups excluding carboxylic acids is 1. The highest BCUT2D eigenvalue weighted by molar-refractivity contribution is 5.86. The molecule has 1 amide bonds. The van der Waals surface area contributed by atoms with E-state index < -0.39 is 17.6 Å². The highest BCUT2D eigenvalue weighted by Gasteiger charge is 2.58. The number of carboxylic acids is 1. The molecule has 0 atom stereocenters. The molecule has 0 aromatic heterocycles. The topological polar surface area (TPSA) is 66.8 Å². The largest absolute Gasteiger partial charge is 0.479 e. The van der Waals surface area contributed by atoms with E-state index in [-0.39, 0.29) is 12.6 Å². The van der Waals surface area contributed by atoms with Gasteiger partial charge in [0.2, 0.25) is 0 Å². The third-order valence-corrected chi connectivity index (χ3v) is 4.92. The summed E-state index contributed by atoms with van der Waals surface area (Å²) in [5.41, 5.74) is -0.260. The number of carboxylic acid groups (broad SMARTS) is 1. The van der Waals surface area contributed by atoms with E-state index in [2.05, 4.69) is 13.8 Å². The number of benzene rings is 1. The number of nitrogens with zero attached hydrogens (tertiary/aromatic N) is 1. The van der Waals surface area contributed by atoms with E-state index in [1.807, 2.05) is 44.2 Å². The molecule has 0 radical (unpaired) electrons. The van der Waals surface area contributed by atoms with Crippen molar-refractivity contribution in [3.63, 3.8) is 0 Å². The van der Waals surface area contributed by atoms with Crippen LogP contribution in [0.4, 0.5) is 4.79 Å². The average molecular weight is 333 g/mol. The second-order valence-corrected chi connectivity index (χ2v) is 7.25. The quantitative estimate of drug-likeness (QED) is 0.857. The molecule has 1 saturated carbocycles. The fourth-order valence-corrected chi connectivity index (χ4v) is 3.42. The Morgan fingerprint density at radius 2 is 1.79 bits per heavy atom. The Balaban J connectivity index is 2.12. The Morgan fingerprint density at radius 1 is 1.21 bits per heavy atom. The van der Waals surface area contributed by atoms with E-state index in [0.717, 1.165) is 5.56 Å². The number of rotatable bonds is 6. The summed E-state index contributed by atoms with van der Waals surface area (Å²) in [6.07, 6.45) is 0.412. The molecule has 24 heavy (non-hydrogen) atoms. The lowest BCUT2D eigenvalue weighted by atomic mass is 9.63. The standard InChI is InChI=1S/C19H27NO4/c1-13(2)16-10-19(11-16,17(21)22)20(14(3)4)18(23)24-12-15-8-6-5-7-9-15/h5-9,13-14,16H,10-12H2,1-4H3,(H,21,22). The van der Waals surface area contributed by atoms with Gasteiger partial charge in [-0.25, -0.2) is 9.59 Å². The Labute approximate surface area is 143 Å². The first-order chi connectivity index (χ1) is 11.3. The van der Waals surface area contributed by atoms with Crippen molar-refractivity contribution in [3.05, 3.63) is 35.9 Å². The molecule has 1 aliphatic carbocycles. The van der Waals surface area contributed by atoms with E-state index in [4.69, 9.17) is 4.74 Å². The summed E-state index contributed by atoms with van der Waals surface area (Å²) in [7, 11) is 0.